The Morgan fingerprint density at radius 2 is 1.95 bits per heavy atom. The van der Waals surface area contributed by atoms with Gasteiger partial charge in [0.25, 0.3) is 0 Å². The van der Waals surface area contributed by atoms with E-state index in [9.17, 15) is 9.18 Å². The predicted molar refractivity (Wildman–Crippen MR) is 74.7 cm³/mol. The molecule has 0 N–H and O–H groups in total. The first-order valence-corrected chi connectivity index (χ1v) is 6.11. The number of carbonyl (C=O) groups excluding carboxylic acids is 1. The normalized spacial score (nSPS) is 9.85. The molecule has 4 heteroatoms. The van der Waals surface area contributed by atoms with Crippen molar-refractivity contribution in [3.05, 3.63) is 65.5 Å². The Hall–Kier alpha value is -2.67. The van der Waals surface area contributed by atoms with Crippen molar-refractivity contribution in [2.75, 3.05) is 11.9 Å². The van der Waals surface area contributed by atoms with Crippen molar-refractivity contribution in [2.24, 2.45) is 0 Å². The van der Waals surface area contributed by atoms with Crippen LogP contribution >= 0.6 is 0 Å². The second kappa shape index (κ2) is 5.98. The fourth-order valence-electron chi connectivity index (χ4n) is 1.82. The minimum atomic E-state index is -0.375. The highest BCUT2D eigenvalue weighted by molar-refractivity contribution is 5.94. The largest absolute Gasteiger partial charge is 0.315 e. The van der Waals surface area contributed by atoms with Crippen LogP contribution in [0, 0.1) is 17.1 Å². The molecule has 100 valence electrons. The topological polar surface area (TPSA) is 44.1 Å². The maximum Gasteiger partial charge on any atom is 0.231 e. The van der Waals surface area contributed by atoms with Gasteiger partial charge in [0.15, 0.2) is 0 Å². The van der Waals surface area contributed by atoms with Crippen LogP contribution in [0.5, 0.6) is 0 Å². The van der Waals surface area contributed by atoms with Crippen molar-refractivity contribution >= 4 is 11.6 Å². The Balaban J connectivity index is 2.09. The van der Waals surface area contributed by atoms with E-state index in [4.69, 9.17) is 5.26 Å². The number of amides is 1. The third kappa shape index (κ3) is 3.21. The number of likely N-dealkylation sites (N-methyl/N-ethyl adjacent to an activating group) is 1. The predicted octanol–water partition coefficient (Wildman–Crippen LogP) is 2.90. The second-order valence-electron chi connectivity index (χ2n) is 4.42. The molecule has 2 aromatic carbocycles. The molecule has 0 aliphatic heterocycles. The first-order valence-electron chi connectivity index (χ1n) is 6.11. The van der Waals surface area contributed by atoms with Crippen LogP contribution in [0.3, 0.4) is 0 Å². The van der Waals surface area contributed by atoms with Gasteiger partial charge in [-0.1, -0.05) is 18.2 Å². The third-order valence-electron chi connectivity index (χ3n) is 3.01. The molecule has 1 amide bonds. The molecule has 2 rings (SSSR count). The van der Waals surface area contributed by atoms with Gasteiger partial charge in [0.1, 0.15) is 5.82 Å². The lowest BCUT2D eigenvalue weighted by Gasteiger charge is -2.17. The molecule has 0 saturated carbocycles. The molecule has 0 fully saturated rings. The van der Waals surface area contributed by atoms with Crippen LogP contribution in [-0.4, -0.2) is 13.0 Å². The first kappa shape index (κ1) is 13.8. The number of nitriles is 1. The van der Waals surface area contributed by atoms with Crippen LogP contribution in [0.15, 0.2) is 48.5 Å². The summed E-state index contributed by atoms with van der Waals surface area (Å²) in [6, 6.07) is 14.8. The van der Waals surface area contributed by atoms with Gasteiger partial charge >= 0.3 is 0 Å². The lowest BCUT2D eigenvalue weighted by molar-refractivity contribution is -0.117. The first-order chi connectivity index (χ1) is 9.60. The molecular formula is C16H13FN2O. The molecule has 2 aromatic rings. The molecule has 0 saturated heterocycles. The molecule has 0 bridgehead atoms. The Bertz CT molecular complexity index is 659. The highest BCUT2D eigenvalue weighted by Gasteiger charge is 2.12. The fraction of sp³-hybridized carbons (Fsp3) is 0.125. The number of halogens is 1. The van der Waals surface area contributed by atoms with Crippen molar-refractivity contribution in [2.45, 2.75) is 6.42 Å². The van der Waals surface area contributed by atoms with Gasteiger partial charge in [-0.15, -0.1) is 0 Å². The third-order valence-corrected chi connectivity index (χ3v) is 3.01. The number of rotatable bonds is 3. The van der Waals surface area contributed by atoms with Gasteiger partial charge in [0, 0.05) is 12.7 Å². The van der Waals surface area contributed by atoms with Gasteiger partial charge in [0.2, 0.25) is 5.91 Å². The van der Waals surface area contributed by atoms with E-state index in [0.717, 1.165) is 5.56 Å². The number of anilines is 1. The summed E-state index contributed by atoms with van der Waals surface area (Å²) in [4.78, 5) is 13.5. The maximum atomic E-state index is 13.1. The van der Waals surface area contributed by atoms with E-state index in [1.165, 1.54) is 17.0 Å². The number of benzene rings is 2. The van der Waals surface area contributed by atoms with Crippen LogP contribution in [0.1, 0.15) is 11.1 Å². The molecule has 0 aliphatic rings. The Labute approximate surface area is 116 Å². The molecule has 0 aliphatic carbocycles. The summed E-state index contributed by atoms with van der Waals surface area (Å²) in [6.07, 6.45) is 0.207. The average molecular weight is 268 g/mol. The molecule has 20 heavy (non-hydrogen) atoms. The summed E-state index contributed by atoms with van der Waals surface area (Å²) in [5.41, 5.74) is 1.89. The monoisotopic (exact) mass is 268 g/mol. The smallest absolute Gasteiger partial charge is 0.231 e. The van der Waals surface area contributed by atoms with Crippen molar-refractivity contribution in [3.8, 4) is 6.07 Å². The van der Waals surface area contributed by atoms with Gasteiger partial charge in [-0.3, -0.25) is 4.79 Å². The summed E-state index contributed by atoms with van der Waals surface area (Å²) in [5, 5.41) is 8.71. The summed E-state index contributed by atoms with van der Waals surface area (Å²) in [5.74, 6) is -0.513. The minimum Gasteiger partial charge on any atom is -0.315 e. The lowest BCUT2D eigenvalue weighted by atomic mass is 10.1. The number of hydrogen-bond donors (Lipinski definition) is 0. The maximum absolute atomic E-state index is 13.1. The molecule has 0 heterocycles. The van der Waals surface area contributed by atoms with Gasteiger partial charge in [-0.05, 0) is 35.9 Å². The number of hydrogen-bond acceptors (Lipinski definition) is 2. The fourth-order valence-corrected chi connectivity index (χ4v) is 1.82. The number of carbonyl (C=O) groups is 1. The quantitative estimate of drug-likeness (QED) is 0.859. The van der Waals surface area contributed by atoms with Gasteiger partial charge in [-0.2, -0.15) is 5.26 Å². The zero-order valence-corrected chi connectivity index (χ0v) is 11.0. The van der Waals surface area contributed by atoms with Crippen LogP contribution < -0.4 is 4.90 Å². The van der Waals surface area contributed by atoms with Crippen LogP contribution in [0.25, 0.3) is 0 Å². The van der Waals surface area contributed by atoms with Crippen molar-refractivity contribution in [1.82, 2.24) is 0 Å². The van der Waals surface area contributed by atoms with E-state index in [1.807, 2.05) is 6.07 Å². The SMILES string of the molecule is CN(C(=O)Cc1ccc(C#N)cc1)c1cccc(F)c1. The zero-order chi connectivity index (χ0) is 14.5. The highest BCUT2D eigenvalue weighted by atomic mass is 19.1. The standard InChI is InChI=1S/C16H13FN2O/c1-19(15-4-2-3-14(17)10-15)16(20)9-12-5-7-13(11-18)8-6-12/h2-8,10H,9H2,1H3. The van der Waals surface area contributed by atoms with Gasteiger partial charge < -0.3 is 4.90 Å². The van der Waals surface area contributed by atoms with Crippen molar-refractivity contribution in [3.63, 3.8) is 0 Å². The Morgan fingerprint density at radius 3 is 2.55 bits per heavy atom. The Kier molecular flexibility index (Phi) is 4.11. The van der Waals surface area contributed by atoms with E-state index in [2.05, 4.69) is 0 Å². The summed E-state index contributed by atoms with van der Waals surface area (Å²) in [7, 11) is 1.61. The summed E-state index contributed by atoms with van der Waals surface area (Å²) >= 11 is 0. The highest BCUT2D eigenvalue weighted by Crippen LogP contribution is 2.15. The lowest BCUT2D eigenvalue weighted by Crippen LogP contribution is -2.27. The molecule has 3 nitrogen and oxygen atoms in total. The minimum absolute atomic E-state index is 0.139. The average Bonchev–Trinajstić information content (AvgIpc) is 2.47. The molecule has 0 radical (unpaired) electrons. The second-order valence-corrected chi connectivity index (χ2v) is 4.42. The van der Waals surface area contributed by atoms with Crippen LogP contribution in [0.4, 0.5) is 10.1 Å². The molecule has 0 spiro atoms. The molecular weight excluding hydrogens is 255 g/mol. The zero-order valence-electron chi connectivity index (χ0n) is 11.0. The van der Waals surface area contributed by atoms with Crippen LogP contribution in [-0.2, 0) is 11.2 Å². The van der Waals surface area contributed by atoms with Crippen molar-refractivity contribution in [1.29, 1.82) is 5.26 Å². The van der Waals surface area contributed by atoms with Gasteiger partial charge in [-0.25, -0.2) is 4.39 Å². The van der Waals surface area contributed by atoms with E-state index in [-0.39, 0.29) is 18.1 Å². The molecule has 0 aromatic heterocycles. The van der Waals surface area contributed by atoms with E-state index >= 15 is 0 Å². The van der Waals surface area contributed by atoms with Crippen LogP contribution in [0.2, 0.25) is 0 Å². The van der Waals surface area contributed by atoms with E-state index in [1.54, 1.807) is 43.4 Å². The molecule has 0 unspecified atom stereocenters. The van der Waals surface area contributed by atoms with Crippen molar-refractivity contribution < 1.29 is 9.18 Å². The summed E-state index contributed by atoms with van der Waals surface area (Å²) < 4.78 is 13.1. The van der Waals surface area contributed by atoms with Gasteiger partial charge in [0.05, 0.1) is 18.1 Å². The molecule has 0 atom stereocenters. The Morgan fingerprint density at radius 1 is 1.25 bits per heavy atom. The number of nitrogens with zero attached hydrogens (tertiary/aromatic N) is 2. The van der Waals surface area contributed by atoms with E-state index < -0.39 is 0 Å². The van der Waals surface area contributed by atoms with E-state index in [0.29, 0.717) is 11.3 Å². The summed E-state index contributed by atoms with van der Waals surface area (Å²) in [6.45, 7) is 0.